The summed E-state index contributed by atoms with van der Waals surface area (Å²) < 4.78 is 40.9. The second-order valence-electron chi connectivity index (χ2n) is 12.2. The third-order valence-electron chi connectivity index (χ3n) is 7.14. The molecule has 2 N–H and O–H groups in total. The summed E-state index contributed by atoms with van der Waals surface area (Å²) in [4.78, 5) is 58.9. The Balaban J connectivity index is 1.37. The van der Waals surface area contributed by atoms with Crippen LogP contribution in [0.3, 0.4) is 0 Å². The Morgan fingerprint density at radius 1 is 1.06 bits per heavy atom. The molecule has 3 heterocycles. The molecule has 0 spiro atoms. The topological polar surface area (TPSA) is 170 Å². The Morgan fingerprint density at radius 2 is 1.68 bits per heavy atom. The van der Waals surface area contributed by atoms with Crippen LogP contribution in [0.15, 0.2) is 83.6 Å². The molecule has 2 aliphatic rings. The lowest BCUT2D eigenvalue weighted by Gasteiger charge is -2.49. The van der Waals surface area contributed by atoms with Gasteiger partial charge in [0.15, 0.2) is 22.7 Å². The Kier molecular flexibility index (Phi) is 11.0. The van der Waals surface area contributed by atoms with Crippen molar-refractivity contribution in [2.75, 3.05) is 17.3 Å². The van der Waals surface area contributed by atoms with E-state index in [1.807, 2.05) is 19.1 Å². The summed E-state index contributed by atoms with van der Waals surface area (Å²) in [6, 6.07) is 16.9. The van der Waals surface area contributed by atoms with Crippen LogP contribution in [0, 0.1) is 0 Å². The summed E-state index contributed by atoms with van der Waals surface area (Å²) >= 11 is 2.22. The number of carbonyl (C=O) groups is 4. The molecule has 1 fully saturated rings. The second kappa shape index (κ2) is 15.1. The van der Waals surface area contributed by atoms with E-state index >= 15 is 0 Å². The Bertz CT molecular complexity index is 1900. The van der Waals surface area contributed by atoms with E-state index in [0.717, 1.165) is 34.3 Å². The van der Waals surface area contributed by atoms with E-state index in [9.17, 15) is 27.6 Å². The minimum absolute atomic E-state index is 0.0941. The van der Waals surface area contributed by atoms with Crippen molar-refractivity contribution in [1.29, 1.82) is 0 Å². The number of ether oxygens (including phenoxy) is 2. The van der Waals surface area contributed by atoms with E-state index in [1.165, 1.54) is 0 Å². The van der Waals surface area contributed by atoms with Gasteiger partial charge in [-0.1, -0.05) is 73.7 Å². The number of hydrogen-bond acceptors (Lipinski definition) is 12. The summed E-state index contributed by atoms with van der Waals surface area (Å²) in [6.45, 7) is 7.02. The predicted octanol–water partition coefficient (Wildman–Crippen LogP) is 5.20. The fraction of sp³-hybridized carbons (Fsp3) is 0.324. The first-order valence-electron chi connectivity index (χ1n) is 15.5. The van der Waals surface area contributed by atoms with Crippen molar-refractivity contribution in [2.45, 2.75) is 57.2 Å². The van der Waals surface area contributed by atoms with Gasteiger partial charge in [-0.2, -0.15) is 8.42 Å². The van der Waals surface area contributed by atoms with E-state index in [0.29, 0.717) is 17.5 Å². The number of rotatable bonds is 11. The number of amides is 3. The highest BCUT2D eigenvalue weighted by atomic mass is 32.2. The summed E-state index contributed by atoms with van der Waals surface area (Å²) in [5.74, 6) is -2.57. The quantitative estimate of drug-likeness (QED) is 0.115. The molecule has 0 radical (unpaired) electrons. The maximum absolute atomic E-state index is 13.9. The van der Waals surface area contributed by atoms with Crippen molar-refractivity contribution < 1.29 is 41.3 Å². The molecule has 13 nitrogen and oxygen atoms in total. The zero-order chi connectivity index (χ0) is 36.2. The van der Waals surface area contributed by atoms with E-state index in [-0.39, 0.29) is 33.6 Å². The van der Waals surface area contributed by atoms with Gasteiger partial charge in [0.05, 0.1) is 23.3 Å². The Morgan fingerprint density at radius 3 is 2.24 bits per heavy atom. The first-order valence-corrected chi connectivity index (χ1v) is 19.2. The van der Waals surface area contributed by atoms with Gasteiger partial charge in [-0.25, -0.2) is 14.6 Å². The van der Waals surface area contributed by atoms with Gasteiger partial charge in [0.1, 0.15) is 17.0 Å². The average molecular weight is 741 g/mol. The number of anilines is 1. The summed E-state index contributed by atoms with van der Waals surface area (Å²) in [7, 11) is -4.09. The van der Waals surface area contributed by atoms with Crippen LogP contribution in [0.1, 0.15) is 57.0 Å². The van der Waals surface area contributed by atoms with Crippen molar-refractivity contribution in [1.82, 2.24) is 15.2 Å². The summed E-state index contributed by atoms with van der Waals surface area (Å²) in [5.41, 5.74) is 0.697. The Labute approximate surface area is 298 Å². The predicted molar refractivity (Wildman–Crippen MR) is 189 cm³/mol. The lowest BCUT2D eigenvalue weighted by molar-refractivity contribution is -0.154. The molecule has 1 aromatic heterocycles. The number of nitrogens with zero attached hydrogens (tertiary/aromatic N) is 2. The van der Waals surface area contributed by atoms with Gasteiger partial charge in [-0.15, -0.1) is 23.1 Å². The molecule has 264 valence electrons. The maximum Gasteiger partial charge on any atom is 0.413 e. The number of allylic oxidation sites excluding steroid dienone is 1. The first-order chi connectivity index (χ1) is 23.6. The molecule has 5 rings (SSSR count). The van der Waals surface area contributed by atoms with Gasteiger partial charge in [-0.05, 0) is 38.3 Å². The first kappa shape index (κ1) is 36.6. The number of fused-ring (bicyclic) bond motifs is 1. The van der Waals surface area contributed by atoms with Crippen LogP contribution in [-0.4, -0.2) is 71.2 Å². The largest absolute Gasteiger partial charge is 0.448 e. The lowest BCUT2D eigenvalue weighted by Crippen LogP contribution is -2.70. The fourth-order valence-electron chi connectivity index (χ4n) is 5.16. The minimum Gasteiger partial charge on any atom is -0.448 e. The second-order valence-corrected chi connectivity index (χ2v) is 15.8. The molecule has 1 saturated heterocycles. The number of nitrogens with one attached hydrogen (secondary N) is 2. The van der Waals surface area contributed by atoms with Crippen molar-refractivity contribution in [3.63, 3.8) is 0 Å². The van der Waals surface area contributed by atoms with Gasteiger partial charge >= 0.3 is 22.2 Å². The molecule has 0 unspecified atom stereocenters. The van der Waals surface area contributed by atoms with E-state index in [4.69, 9.17) is 13.7 Å². The van der Waals surface area contributed by atoms with Crippen LogP contribution in [0.4, 0.5) is 9.93 Å². The fourth-order valence-corrected chi connectivity index (χ4v) is 7.68. The number of esters is 1. The van der Waals surface area contributed by atoms with Gasteiger partial charge in [-0.3, -0.25) is 19.8 Å². The number of thiazole rings is 1. The van der Waals surface area contributed by atoms with Crippen LogP contribution in [0.5, 0.6) is 0 Å². The molecule has 3 aromatic rings. The average Bonchev–Trinajstić information content (AvgIpc) is 3.51. The standard InChI is InChI=1S/C34H36N4O9S3/c1-6-13-22(23-18-49-32(35-23)37-33(42)46-34(2,3)4)28(39)36-25-29(40)38-26(24(19-48-30(25)38)47-50(5,43)44)31(41)45-27(20-14-9-7-10-15-20)21-16-11-8-12-17-21/h7-18,25,27,30H,6,19H2,1-5H3,(H,36,39)(H,35,37,42)/b22-13-/t25-,30-/m1/s1. The van der Waals surface area contributed by atoms with Crippen LogP contribution in [-0.2, 0) is 38.2 Å². The zero-order valence-corrected chi connectivity index (χ0v) is 30.3. The monoisotopic (exact) mass is 740 g/mol. The molecule has 0 aliphatic carbocycles. The van der Waals surface area contributed by atoms with E-state index < -0.39 is 57.1 Å². The number of thioether (sulfide) groups is 1. The smallest absolute Gasteiger partial charge is 0.413 e. The van der Waals surface area contributed by atoms with Crippen LogP contribution < -0.4 is 10.6 Å². The van der Waals surface area contributed by atoms with Crippen molar-refractivity contribution in [3.05, 3.63) is 100 Å². The molecule has 16 heteroatoms. The minimum atomic E-state index is -4.09. The van der Waals surface area contributed by atoms with Gasteiger partial charge in [0, 0.05) is 5.38 Å². The zero-order valence-electron chi connectivity index (χ0n) is 27.9. The van der Waals surface area contributed by atoms with Crippen molar-refractivity contribution >= 4 is 67.8 Å². The normalized spacial score (nSPS) is 17.8. The third-order valence-corrected chi connectivity index (χ3v) is 9.65. The van der Waals surface area contributed by atoms with Gasteiger partial charge in [0.2, 0.25) is 0 Å². The highest BCUT2D eigenvalue weighted by Gasteiger charge is 2.56. The number of benzene rings is 2. The van der Waals surface area contributed by atoms with Crippen molar-refractivity contribution in [3.8, 4) is 0 Å². The SMILES string of the molecule is CC/C=C(\C(=O)N[C@@H]1C(=O)N2C(C(=O)OC(c3ccccc3)c3ccccc3)=C(OS(C)(=O)=O)CS[C@H]12)c1csc(NC(=O)OC(C)(C)C)n1. The molecule has 2 aliphatic heterocycles. The number of aromatic nitrogens is 1. The van der Waals surface area contributed by atoms with Gasteiger partial charge in [0.25, 0.3) is 11.8 Å². The molecule has 50 heavy (non-hydrogen) atoms. The highest BCUT2D eigenvalue weighted by Crippen LogP contribution is 2.42. The molecule has 0 bridgehead atoms. The number of β-lactam (4-membered cyclic amide) rings is 1. The number of carbonyl (C=O) groups excluding carboxylic acids is 4. The molecule has 2 atom stereocenters. The lowest BCUT2D eigenvalue weighted by atomic mass is 10.0. The maximum atomic E-state index is 13.9. The van der Waals surface area contributed by atoms with Gasteiger partial charge < -0.3 is 19.0 Å². The molecule has 2 aromatic carbocycles. The Hall–Kier alpha value is -4.67. The van der Waals surface area contributed by atoms with E-state index in [1.54, 1.807) is 80.8 Å². The third kappa shape index (κ3) is 8.73. The molecular formula is C34H36N4O9S3. The highest BCUT2D eigenvalue weighted by molar-refractivity contribution is 8.00. The summed E-state index contributed by atoms with van der Waals surface area (Å²) in [5, 5.41) is 6.34. The van der Waals surface area contributed by atoms with Crippen LogP contribution in [0.2, 0.25) is 0 Å². The van der Waals surface area contributed by atoms with Crippen LogP contribution >= 0.6 is 23.1 Å². The van der Waals surface area contributed by atoms with Crippen molar-refractivity contribution in [2.24, 2.45) is 0 Å². The van der Waals surface area contributed by atoms with E-state index in [2.05, 4.69) is 15.6 Å². The number of hydrogen-bond donors (Lipinski definition) is 2. The molecule has 0 saturated carbocycles. The van der Waals surface area contributed by atoms with Crippen LogP contribution in [0.25, 0.3) is 5.57 Å². The molecular weight excluding hydrogens is 705 g/mol. The summed E-state index contributed by atoms with van der Waals surface area (Å²) in [6.07, 6.45) is 1.37. The molecule has 3 amide bonds.